The molecule has 0 amide bonds. The van der Waals surface area contributed by atoms with Gasteiger partial charge in [0.1, 0.15) is 11.2 Å². The van der Waals surface area contributed by atoms with Crippen LogP contribution in [0, 0.1) is 5.92 Å². The van der Waals surface area contributed by atoms with Crippen molar-refractivity contribution in [1.82, 2.24) is 9.80 Å². The van der Waals surface area contributed by atoms with Gasteiger partial charge in [0, 0.05) is 0 Å². The zero-order valence-electron chi connectivity index (χ0n) is 10.5. The average Bonchev–Trinajstić information content (AvgIpc) is 2.36. The SMILES string of the molecule is CN(C(N)Cl)C(Cl)N(C)C(I)C1CCCCC1. The Balaban J connectivity index is 2.52. The summed E-state index contributed by atoms with van der Waals surface area (Å²) in [5.41, 5.74) is 4.83. The lowest BCUT2D eigenvalue weighted by Crippen LogP contribution is -2.50. The van der Waals surface area contributed by atoms with E-state index in [9.17, 15) is 0 Å². The second-order valence-electron chi connectivity index (χ2n) is 4.78. The zero-order chi connectivity index (χ0) is 13.0. The van der Waals surface area contributed by atoms with Gasteiger partial charge in [-0.3, -0.25) is 4.90 Å². The first-order valence-corrected chi connectivity index (χ1v) is 8.18. The molecule has 6 heteroatoms. The lowest BCUT2D eigenvalue weighted by atomic mass is 9.89. The molecule has 0 radical (unpaired) electrons. The monoisotopic (exact) mass is 393 g/mol. The van der Waals surface area contributed by atoms with Crippen molar-refractivity contribution in [2.75, 3.05) is 14.1 Å². The van der Waals surface area contributed by atoms with E-state index in [-0.39, 0.29) is 5.62 Å². The summed E-state index contributed by atoms with van der Waals surface area (Å²) in [5, 5.41) is 0. The molecule has 0 aromatic rings. The molecule has 3 unspecified atom stereocenters. The van der Waals surface area contributed by atoms with Gasteiger partial charge < -0.3 is 5.73 Å². The van der Waals surface area contributed by atoms with Gasteiger partial charge in [-0.1, -0.05) is 65.1 Å². The van der Waals surface area contributed by atoms with E-state index in [1.807, 2.05) is 14.1 Å². The Kier molecular flexibility index (Phi) is 7.36. The van der Waals surface area contributed by atoms with Gasteiger partial charge in [0.15, 0.2) is 0 Å². The standard InChI is InChI=1S/C11H22Cl2IN3/c1-16(11(13)17(2)10(12)15)9(14)8-6-4-3-5-7-8/h8-11H,3-7,15H2,1-2H3. The third-order valence-electron chi connectivity index (χ3n) is 3.49. The Morgan fingerprint density at radius 3 is 2.12 bits per heavy atom. The van der Waals surface area contributed by atoms with Gasteiger partial charge in [-0.25, -0.2) is 4.90 Å². The van der Waals surface area contributed by atoms with Crippen molar-refractivity contribution in [3.05, 3.63) is 0 Å². The fourth-order valence-electron chi connectivity index (χ4n) is 2.26. The van der Waals surface area contributed by atoms with Gasteiger partial charge >= 0.3 is 0 Å². The Hall–Kier alpha value is 1.19. The van der Waals surface area contributed by atoms with Crippen LogP contribution in [-0.4, -0.2) is 39.2 Å². The molecular weight excluding hydrogens is 372 g/mol. The summed E-state index contributed by atoms with van der Waals surface area (Å²) in [5.74, 6) is 0.732. The minimum absolute atomic E-state index is 0.258. The van der Waals surface area contributed by atoms with Crippen LogP contribution >= 0.6 is 45.8 Å². The quantitative estimate of drug-likeness (QED) is 0.337. The third-order valence-corrected chi connectivity index (χ3v) is 6.31. The predicted molar refractivity (Wildman–Crippen MR) is 83.4 cm³/mol. The van der Waals surface area contributed by atoms with E-state index in [0.29, 0.717) is 4.05 Å². The van der Waals surface area contributed by atoms with Crippen molar-refractivity contribution in [3.8, 4) is 0 Å². The number of hydrogen-bond acceptors (Lipinski definition) is 3. The molecular formula is C11H22Cl2IN3. The summed E-state index contributed by atoms with van der Waals surface area (Å²) in [6.07, 6.45) is 6.67. The second kappa shape index (κ2) is 7.70. The number of halogens is 3. The Labute approximate surface area is 128 Å². The number of nitrogens with zero attached hydrogens (tertiary/aromatic N) is 2. The summed E-state index contributed by atoms with van der Waals surface area (Å²) in [6.45, 7) is 0. The number of alkyl halides is 3. The van der Waals surface area contributed by atoms with E-state index < -0.39 is 5.62 Å². The van der Waals surface area contributed by atoms with Gasteiger partial charge in [-0.15, -0.1) is 0 Å². The molecule has 0 aliphatic heterocycles. The smallest absolute Gasteiger partial charge is 0.142 e. The predicted octanol–water partition coefficient (Wildman–Crippen LogP) is 3.19. The Morgan fingerprint density at radius 2 is 1.65 bits per heavy atom. The molecule has 3 nitrogen and oxygen atoms in total. The van der Waals surface area contributed by atoms with Crippen LogP contribution in [-0.2, 0) is 0 Å². The molecule has 1 saturated carbocycles. The topological polar surface area (TPSA) is 32.5 Å². The average molecular weight is 394 g/mol. The van der Waals surface area contributed by atoms with Crippen LogP contribution in [0.3, 0.4) is 0 Å². The van der Waals surface area contributed by atoms with Crippen LogP contribution in [0.1, 0.15) is 32.1 Å². The summed E-state index contributed by atoms with van der Waals surface area (Å²) in [6, 6.07) is 0. The van der Waals surface area contributed by atoms with E-state index in [1.54, 1.807) is 4.90 Å². The largest absolute Gasteiger partial charge is 0.303 e. The summed E-state index contributed by atoms with van der Waals surface area (Å²) in [4.78, 5) is 3.91. The molecule has 102 valence electrons. The van der Waals surface area contributed by atoms with Gasteiger partial charge in [0.05, 0.1) is 4.05 Å². The first-order valence-electron chi connectivity index (χ1n) is 6.07. The first kappa shape index (κ1) is 16.2. The second-order valence-corrected chi connectivity index (χ2v) is 6.90. The number of hydrogen-bond donors (Lipinski definition) is 1. The summed E-state index contributed by atoms with van der Waals surface area (Å²) >= 11 is 14.7. The lowest BCUT2D eigenvalue weighted by Gasteiger charge is -2.39. The maximum Gasteiger partial charge on any atom is 0.142 e. The van der Waals surface area contributed by atoms with Crippen molar-refractivity contribution < 1.29 is 0 Å². The minimum atomic E-state index is -0.546. The maximum absolute atomic E-state index is 6.37. The van der Waals surface area contributed by atoms with Crippen LogP contribution in [0.5, 0.6) is 0 Å². The maximum atomic E-state index is 6.37. The van der Waals surface area contributed by atoms with Crippen molar-refractivity contribution >= 4 is 45.8 Å². The fraction of sp³-hybridized carbons (Fsp3) is 1.00. The van der Waals surface area contributed by atoms with E-state index in [0.717, 1.165) is 5.92 Å². The molecule has 17 heavy (non-hydrogen) atoms. The molecule has 1 aliphatic carbocycles. The van der Waals surface area contributed by atoms with Crippen molar-refractivity contribution in [2.24, 2.45) is 11.7 Å². The van der Waals surface area contributed by atoms with Crippen LogP contribution in [0.25, 0.3) is 0 Å². The first-order chi connectivity index (χ1) is 7.95. The highest BCUT2D eigenvalue weighted by Crippen LogP contribution is 2.33. The summed E-state index contributed by atoms with van der Waals surface area (Å²) < 4.78 is 0.438. The van der Waals surface area contributed by atoms with Gasteiger partial charge in [-0.2, -0.15) is 0 Å². The molecule has 0 bridgehead atoms. The van der Waals surface area contributed by atoms with Crippen LogP contribution < -0.4 is 5.73 Å². The number of rotatable bonds is 5. The van der Waals surface area contributed by atoms with Crippen molar-refractivity contribution in [1.29, 1.82) is 0 Å². The highest BCUT2D eigenvalue weighted by molar-refractivity contribution is 14.1. The highest BCUT2D eigenvalue weighted by Gasteiger charge is 2.30. The van der Waals surface area contributed by atoms with E-state index in [4.69, 9.17) is 28.9 Å². The third kappa shape index (κ3) is 4.66. The zero-order valence-corrected chi connectivity index (χ0v) is 14.1. The van der Waals surface area contributed by atoms with Crippen LogP contribution in [0.4, 0.5) is 0 Å². The number of nitrogens with two attached hydrogens (primary N) is 1. The van der Waals surface area contributed by atoms with Gasteiger partial charge in [0.25, 0.3) is 0 Å². The molecule has 0 spiro atoms. The van der Waals surface area contributed by atoms with Gasteiger partial charge in [-0.05, 0) is 32.9 Å². The van der Waals surface area contributed by atoms with E-state index in [2.05, 4.69) is 27.5 Å². The van der Waals surface area contributed by atoms with Crippen molar-refractivity contribution in [3.63, 3.8) is 0 Å². The molecule has 0 aromatic carbocycles. The van der Waals surface area contributed by atoms with Crippen LogP contribution in [0.2, 0.25) is 0 Å². The molecule has 0 aromatic heterocycles. The lowest BCUT2D eigenvalue weighted by molar-refractivity contribution is 0.104. The Bertz CT molecular complexity index is 225. The minimum Gasteiger partial charge on any atom is -0.303 e. The van der Waals surface area contributed by atoms with E-state index >= 15 is 0 Å². The van der Waals surface area contributed by atoms with Crippen molar-refractivity contribution in [2.45, 2.75) is 47.4 Å². The molecule has 3 atom stereocenters. The van der Waals surface area contributed by atoms with Gasteiger partial charge in [0.2, 0.25) is 0 Å². The Morgan fingerprint density at radius 1 is 1.12 bits per heavy atom. The highest BCUT2D eigenvalue weighted by atomic mass is 127. The molecule has 1 aliphatic rings. The molecule has 0 saturated heterocycles. The molecule has 0 heterocycles. The molecule has 1 rings (SSSR count). The molecule has 1 fully saturated rings. The summed E-state index contributed by atoms with van der Waals surface area (Å²) in [7, 11) is 3.88. The fourth-order valence-corrected chi connectivity index (χ4v) is 3.89. The van der Waals surface area contributed by atoms with Crippen LogP contribution in [0.15, 0.2) is 0 Å². The van der Waals surface area contributed by atoms with E-state index in [1.165, 1.54) is 32.1 Å². The normalized spacial score (nSPS) is 24.0. The molecule has 2 N–H and O–H groups in total.